The summed E-state index contributed by atoms with van der Waals surface area (Å²) in [7, 11) is 0. The number of rotatable bonds is 7. The highest BCUT2D eigenvalue weighted by molar-refractivity contribution is 5.89. The number of ether oxygens (including phenoxy) is 2. The lowest BCUT2D eigenvalue weighted by Gasteiger charge is -2.12. The molecular weight excluding hydrogens is 345 g/mol. The highest BCUT2D eigenvalue weighted by atomic mass is 19.1. The van der Waals surface area contributed by atoms with Crippen LogP contribution in [0.3, 0.4) is 0 Å². The van der Waals surface area contributed by atoms with Crippen molar-refractivity contribution in [1.29, 1.82) is 0 Å². The Morgan fingerprint density at radius 1 is 1.00 bits per heavy atom. The van der Waals surface area contributed by atoms with Crippen LogP contribution >= 0.6 is 0 Å². The van der Waals surface area contributed by atoms with Crippen molar-refractivity contribution in [3.8, 4) is 11.5 Å². The molecular formula is C18H18FNO6. The summed E-state index contributed by atoms with van der Waals surface area (Å²) < 4.78 is 22.6. The Morgan fingerprint density at radius 2 is 1.65 bits per heavy atom. The maximum absolute atomic E-state index is 12.8. The summed E-state index contributed by atoms with van der Waals surface area (Å²) in [5.41, 5.74) is 6.45. The van der Waals surface area contributed by atoms with Crippen LogP contribution in [0.2, 0.25) is 0 Å². The molecule has 0 saturated carbocycles. The number of phenolic OH excluding ortho intramolecular Hbond substituents is 2. The van der Waals surface area contributed by atoms with Crippen LogP contribution in [0.15, 0.2) is 42.5 Å². The molecule has 0 aliphatic heterocycles. The Morgan fingerprint density at radius 3 is 2.31 bits per heavy atom. The molecule has 0 aliphatic carbocycles. The van der Waals surface area contributed by atoms with Gasteiger partial charge in [0.05, 0.1) is 5.56 Å². The fourth-order valence-electron chi connectivity index (χ4n) is 2.09. The lowest BCUT2D eigenvalue weighted by atomic mass is 10.1. The zero-order chi connectivity index (χ0) is 19.1. The maximum Gasteiger partial charge on any atom is 0.338 e. The van der Waals surface area contributed by atoms with Crippen molar-refractivity contribution in [2.75, 3.05) is 13.2 Å². The fraction of sp³-hybridized carbons (Fsp3) is 0.222. The van der Waals surface area contributed by atoms with Gasteiger partial charge < -0.3 is 25.4 Å². The van der Waals surface area contributed by atoms with Gasteiger partial charge in [-0.2, -0.15) is 0 Å². The van der Waals surface area contributed by atoms with Gasteiger partial charge in [-0.15, -0.1) is 0 Å². The quantitative estimate of drug-likeness (QED) is 0.387. The normalized spacial score (nSPS) is 11.6. The molecule has 0 unspecified atom stereocenters. The summed E-state index contributed by atoms with van der Waals surface area (Å²) in [4.78, 5) is 23.5. The molecule has 138 valence electrons. The van der Waals surface area contributed by atoms with Gasteiger partial charge in [0.15, 0.2) is 11.5 Å². The molecule has 0 aliphatic rings. The number of halogens is 1. The van der Waals surface area contributed by atoms with Crippen molar-refractivity contribution in [3.63, 3.8) is 0 Å². The molecule has 2 aromatic rings. The molecule has 0 aromatic heterocycles. The first-order valence-corrected chi connectivity index (χ1v) is 7.72. The summed E-state index contributed by atoms with van der Waals surface area (Å²) in [5.74, 6) is -2.41. The highest BCUT2D eigenvalue weighted by Crippen LogP contribution is 2.25. The zero-order valence-corrected chi connectivity index (χ0v) is 13.7. The van der Waals surface area contributed by atoms with E-state index in [4.69, 9.17) is 15.2 Å². The average molecular weight is 363 g/mol. The van der Waals surface area contributed by atoms with Crippen LogP contribution in [0.5, 0.6) is 11.5 Å². The van der Waals surface area contributed by atoms with Gasteiger partial charge in [-0.25, -0.2) is 9.18 Å². The Kier molecular flexibility index (Phi) is 6.51. The third-order valence-corrected chi connectivity index (χ3v) is 3.44. The van der Waals surface area contributed by atoms with Gasteiger partial charge in [0.1, 0.15) is 25.1 Å². The third-order valence-electron chi connectivity index (χ3n) is 3.44. The number of phenols is 2. The standard InChI is InChI=1S/C18H18FNO6/c19-13-4-2-12(3-5-13)17(23)25-7-8-26-18(24)14(20)9-11-1-6-15(21)16(22)10-11/h1-6,10,14,21-22H,7-9,20H2/t14-/m0/s1. The van der Waals surface area contributed by atoms with E-state index in [-0.39, 0.29) is 36.7 Å². The molecule has 0 saturated heterocycles. The lowest BCUT2D eigenvalue weighted by Crippen LogP contribution is -2.35. The van der Waals surface area contributed by atoms with Crippen molar-refractivity contribution >= 4 is 11.9 Å². The van der Waals surface area contributed by atoms with E-state index in [1.54, 1.807) is 0 Å². The van der Waals surface area contributed by atoms with E-state index in [0.29, 0.717) is 5.56 Å². The summed E-state index contributed by atoms with van der Waals surface area (Å²) in [5, 5.41) is 18.6. The van der Waals surface area contributed by atoms with Gasteiger partial charge in [-0.3, -0.25) is 4.79 Å². The monoisotopic (exact) mass is 363 g/mol. The number of aromatic hydroxyl groups is 2. The summed E-state index contributed by atoms with van der Waals surface area (Å²) in [6, 6.07) is 7.97. The van der Waals surface area contributed by atoms with E-state index in [1.807, 2.05) is 0 Å². The van der Waals surface area contributed by atoms with Crippen LogP contribution in [0.1, 0.15) is 15.9 Å². The van der Waals surface area contributed by atoms with Crippen LogP contribution in [0.4, 0.5) is 4.39 Å². The number of benzene rings is 2. The molecule has 8 heteroatoms. The molecule has 7 nitrogen and oxygen atoms in total. The largest absolute Gasteiger partial charge is 0.504 e. The Balaban J connectivity index is 1.73. The smallest absolute Gasteiger partial charge is 0.338 e. The van der Waals surface area contributed by atoms with E-state index in [9.17, 15) is 24.2 Å². The predicted octanol–water partition coefficient (Wildman–Crippen LogP) is 1.51. The molecule has 4 N–H and O–H groups in total. The number of nitrogens with two attached hydrogens (primary N) is 1. The van der Waals surface area contributed by atoms with E-state index in [0.717, 1.165) is 12.1 Å². The summed E-state index contributed by atoms with van der Waals surface area (Å²) >= 11 is 0. The van der Waals surface area contributed by atoms with Gasteiger partial charge in [0.2, 0.25) is 0 Å². The number of carbonyl (C=O) groups is 2. The van der Waals surface area contributed by atoms with Crippen LogP contribution in [0, 0.1) is 5.82 Å². The minimum Gasteiger partial charge on any atom is -0.504 e. The second-order valence-corrected chi connectivity index (χ2v) is 5.44. The van der Waals surface area contributed by atoms with E-state index in [1.165, 1.54) is 30.3 Å². The number of carbonyl (C=O) groups excluding carboxylic acids is 2. The zero-order valence-electron chi connectivity index (χ0n) is 13.7. The van der Waals surface area contributed by atoms with E-state index in [2.05, 4.69) is 0 Å². The van der Waals surface area contributed by atoms with E-state index >= 15 is 0 Å². The Hall–Kier alpha value is -3.13. The van der Waals surface area contributed by atoms with Crippen molar-refractivity contribution in [2.24, 2.45) is 5.73 Å². The topological polar surface area (TPSA) is 119 Å². The molecule has 0 fully saturated rings. The third kappa shape index (κ3) is 5.45. The highest BCUT2D eigenvalue weighted by Gasteiger charge is 2.17. The minimum absolute atomic E-state index is 0.0992. The minimum atomic E-state index is -0.980. The van der Waals surface area contributed by atoms with Crippen molar-refractivity contribution < 1.29 is 33.7 Å². The second-order valence-electron chi connectivity index (χ2n) is 5.44. The molecule has 0 bridgehead atoms. The molecule has 1 atom stereocenters. The van der Waals surface area contributed by atoms with Gasteiger partial charge >= 0.3 is 11.9 Å². The Bertz CT molecular complexity index is 778. The lowest BCUT2D eigenvalue weighted by molar-refractivity contribution is -0.146. The fourth-order valence-corrected chi connectivity index (χ4v) is 2.09. The average Bonchev–Trinajstić information content (AvgIpc) is 2.62. The molecule has 0 heterocycles. The molecule has 2 rings (SSSR count). The maximum atomic E-state index is 12.8. The SMILES string of the molecule is N[C@@H](Cc1ccc(O)c(O)c1)C(=O)OCCOC(=O)c1ccc(F)cc1. The van der Waals surface area contributed by atoms with Crippen LogP contribution < -0.4 is 5.73 Å². The molecule has 0 amide bonds. The van der Waals surface area contributed by atoms with Crippen molar-refractivity contribution in [1.82, 2.24) is 0 Å². The predicted molar refractivity (Wildman–Crippen MR) is 89.1 cm³/mol. The first-order valence-electron chi connectivity index (χ1n) is 7.72. The van der Waals surface area contributed by atoms with Gasteiger partial charge in [-0.05, 0) is 48.4 Å². The summed E-state index contributed by atoms with van der Waals surface area (Å²) in [6.07, 6.45) is 0.0992. The first-order chi connectivity index (χ1) is 12.4. The van der Waals surface area contributed by atoms with Crippen molar-refractivity contribution in [3.05, 3.63) is 59.4 Å². The number of hydrogen-bond donors (Lipinski definition) is 3. The summed E-state index contributed by atoms with van der Waals surface area (Å²) in [6.45, 7) is -0.352. The van der Waals surface area contributed by atoms with E-state index < -0.39 is 23.8 Å². The molecule has 0 spiro atoms. The van der Waals surface area contributed by atoms with Crippen LogP contribution in [-0.4, -0.2) is 41.4 Å². The first kappa shape index (κ1) is 19.2. The van der Waals surface area contributed by atoms with Gasteiger partial charge in [-0.1, -0.05) is 6.07 Å². The van der Waals surface area contributed by atoms with Crippen LogP contribution in [-0.2, 0) is 20.7 Å². The second kappa shape index (κ2) is 8.82. The molecule has 26 heavy (non-hydrogen) atoms. The van der Waals surface area contributed by atoms with Crippen LogP contribution in [0.25, 0.3) is 0 Å². The van der Waals surface area contributed by atoms with Gasteiger partial charge in [0.25, 0.3) is 0 Å². The van der Waals surface area contributed by atoms with Gasteiger partial charge in [0, 0.05) is 0 Å². The number of esters is 2. The number of hydrogen-bond acceptors (Lipinski definition) is 7. The Labute approximate surface area is 148 Å². The molecule has 2 aromatic carbocycles. The van der Waals surface area contributed by atoms with Crippen molar-refractivity contribution in [2.45, 2.75) is 12.5 Å². The molecule has 0 radical (unpaired) electrons.